The standard InChI is InChI=1S/C14H21N3O2/c1-10-5-6-17(9-13(10)18)8-11-3-2-4-12(7-11)14(15)16-19/h2-4,7,10,13,18-19H,5-6,8-9H2,1H3,(H2,15,16). The van der Waals surface area contributed by atoms with Crippen molar-refractivity contribution in [2.24, 2.45) is 16.8 Å². The zero-order valence-electron chi connectivity index (χ0n) is 11.2. The van der Waals surface area contributed by atoms with E-state index in [2.05, 4.69) is 17.0 Å². The Labute approximate surface area is 113 Å². The third-order valence-corrected chi connectivity index (χ3v) is 3.74. The minimum Gasteiger partial charge on any atom is -0.409 e. The first-order chi connectivity index (χ1) is 9.10. The van der Waals surface area contributed by atoms with Gasteiger partial charge in [0.2, 0.25) is 0 Å². The lowest BCUT2D eigenvalue weighted by atomic mass is 9.95. The molecule has 1 saturated heterocycles. The van der Waals surface area contributed by atoms with E-state index in [0.717, 1.165) is 25.1 Å². The van der Waals surface area contributed by atoms with Gasteiger partial charge in [0.25, 0.3) is 0 Å². The number of likely N-dealkylation sites (tertiary alicyclic amines) is 1. The molecule has 4 N–H and O–H groups in total. The summed E-state index contributed by atoms with van der Waals surface area (Å²) in [6.07, 6.45) is 0.766. The Kier molecular flexibility index (Phi) is 4.39. The second-order valence-electron chi connectivity index (χ2n) is 5.25. The van der Waals surface area contributed by atoms with Gasteiger partial charge in [0.1, 0.15) is 0 Å². The molecule has 1 heterocycles. The van der Waals surface area contributed by atoms with E-state index in [-0.39, 0.29) is 11.9 Å². The Hall–Kier alpha value is -1.59. The molecule has 0 radical (unpaired) electrons. The highest BCUT2D eigenvalue weighted by Gasteiger charge is 2.24. The van der Waals surface area contributed by atoms with Crippen LogP contribution < -0.4 is 5.73 Å². The first kappa shape index (κ1) is 13.8. The highest BCUT2D eigenvalue weighted by atomic mass is 16.4. The van der Waals surface area contributed by atoms with Crippen molar-refractivity contribution in [1.29, 1.82) is 0 Å². The topological polar surface area (TPSA) is 82.1 Å². The van der Waals surface area contributed by atoms with Gasteiger partial charge in [-0.3, -0.25) is 4.90 Å². The molecule has 0 amide bonds. The van der Waals surface area contributed by atoms with Crippen molar-refractivity contribution in [2.75, 3.05) is 13.1 Å². The van der Waals surface area contributed by atoms with Gasteiger partial charge >= 0.3 is 0 Å². The molecule has 2 rings (SSSR count). The number of β-amino-alcohol motifs (C(OH)–C–C–N with tert-alkyl or cyclic N) is 1. The number of benzene rings is 1. The number of rotatable bonds is 3. The van der Waals surface area contributed by atoms with Crippen LogP contribution in [0.4, 0.5) is 0 Å². The Morgan fingerprint density at radius 3 is 3.00 bits per heavy atom. The van der Waals surface area contributed by atoms with Gasteiger partial charge in [-0.05, 0) is 30.5 Å². The van der Waals surface area contributed by atoms with Gasteiger partial charge in [-0.25, -0.2) is 0 Å². The molecule has 1 aromatic carbocycles. The van der Waals surface area contributed by atoms with Gasteiger partial charge in [-0.2, -0.15) is 0 Å². The highest BCUT2D eigenvalue weighted by Crippen LogP contribution is 2.19. The third-order valence-electron chi connectivity index (χ3n) is 3.74. The third kappa shape index (κ3) is 3.45. The van der Waals surface area contributed by atoms with E-state index in [0.29, 0.717) is 18.0 Å². The van der Waals surface area contributed by atoms with Crippen LogP contribution in [-0.4, -0.2) is 40.2 Å². The van der Waals surface area contributed by atoms with E-state index in [1.165, 1.54) is 0 Å². The fourth-order valence-electron chi connectivity index (χ4n) is 2.40. The molecular weight excluding hydrogens is 242 g/mol. The summed E-state index contributed by atoms with van der Waals surface area (Å²) in [7, 11) is 0. The molecular formula is C14H21N3O2. The average molecular weight is 263 g/mol. The first-order valence-electron chi connectivity index (χ1n) is 6.57. The zero-order chi connectivity index (χ0) is 13.8. The van der Waals surface area contributed by atoms with Crippen LogP contribution in [0.2, 0.25) is 0 Å². The molecule has 0 aromatic heterocycles. The van der Waals surface area contributed by atoms with Gasteiger partial charge in [0, 0.05) is 18.7 Å². The molecule has 1 aliphatic heterocycles. The molecule has 2 unspecified atom stereocenters. The summed E-state index contributed by atoms with van der Waals surface area (Å²) < 4.78 is 0. The molecule has 19 heavy (non-hydrogen) atoms. The molecule has 5 nitrogen and oxygen atoms in total. The fraction of sp³-hybridized carbons (Fsp3) is 0.500. The average Bonchev–Trinajstić information content (AvgIpc) is 2.42. The van der Waals surface area contributed by atoms with Crippen molar-refractivity contribution < 1.29 is 10.3 Å². The molecule has 1 aromatic rings. The minimum atomic E-state index is -0.249. The van der Waals surface area contributed by atoms with Gasteiger partial charge in [0.15, 0.2) is 5.84 Å². The number of aliphatic hydroxyl groups excluding tert-OH is 1. The van der Waals surface area contributed by atoms with E-state index < -0.39 is 0 Å². The molecule has 0 aliphatic carbocycles. The largest absolute Gasteiger partial charge is 0.409 e. The predicted octanol–water partition coefficient (Wildman–Crippen LogP) is 0.984. The number of oxime groups is 1. The number of aliphatic hydroxyl groups is 1. The summed E-state index contributed by atoms with van der Waals surface area (Å²) in [6, 6.07) is 7.63. The first-order valence-corrected chi connectivity index (χ1v) is 6.57. The normalized spacial score (nSPS) is 25.5. The second-order valence-corrected chi connectivity index (χ2v) is 5.25. The number of nitrogens with zero attached hydrogens (tertiary/aromatic N) is 2. The summed E-state index contributed by atoms with van der Waals surface area (Å²) >= 11 is 0. The van der Waals surface area contributed by atoms with E-state index in [9.17, 15) is 5.11 Å². The maximum atomic E-state index is 9.89. The van der Waals surface area contributed by atoms with Crippen molar-refractivity contribution in [2.45, 2.75) is 26.0 Å². The lowest BCUT2D eigenvalue weighted by Crippen LogP contribution is -2.42. The van der Waals surface area contributed by atoms with Crippen LogP contribution in [0.5, 0.6) is 0 Å². The summed E-state index contributed by atoms with van der Waals surface area (Å²) in [5, 5.41) is 21.6. The monoisotopic (exact) mass is 263 g/mol. The van der Waals surface area contributed by atoms with Gasteiger partial charge in [-0.1, -0.05) is 30.3 Å². The SMILES string of the molecule is CC1CCN(Cc2cccc(/C(N)=N/O)c2)CC1O. The zero-order valence-corrected chi connectivity index (χ0v) is 11.2. The van der Waals surface area contributed by atoms with Crippen LogP contribution in [0.15, 0.2) is 29.4 Å². The number of nitrogens with two attached hydrogens (primary N) is 1. The number of amidine groups is 1. The molecule has 1 fully saturated rings. The summed E-state index contributed by atoms with van der Waals surface area (Å²) in [6.45, 7) is 4.55. The molecule has 5 heteroatoms. The van der Waals surface area contributed by atoms with Crippen molar-refractivity contribution in [3.8, 4) is 0 Å². The fourth-order valence-corrected chi connectivity index (χ4v) is 2.40. The molecule has 2 atom stereocenters. The van der Waals surface area contributed by atoms with Crippen LogP contribution in [0.3, 0.4) is 0 Å². The quantitative estimate of drug-likeness (QED) is 0.329. The maximum absolute atomic E-state index is 9.89. The van der Waals surface area contributed by atoms with Crippen molar-refractivity contribution in [3.05, 3.63) is 35.4 Å². The minimum absolute atomic E-state index is 0.120. The van der Waals surface area contributed by atoms with Gasteiger partial charge < -0.3 is 16.0 Å². The predicted molar refractivity (Wildman–Crippen MR) is 74.0 cm³/mol. The molecule has 1 aliphatic rings. The molecule has 0 bridgehead atoms. The van der Waals surface area contributed by atoms with E-state index in [1.807, 2.05) is 24.3 Å². The maximum Gasteiger partial charge on any atom is 0.170 e. The Morgan fingerprint density at radius 1 is 1.53 bits per heavy atom. The van der Waals surface area contributed by atoms with Crippen LogP contribution in [0.25, 0.3) is 0 Å². The van der Waals surface area contributed by atoms with Gasteiger partial charge in [0.05, 0.1) is 6.10 Å². The van der Waals surface area contributed by atoms with Gasteiger partial charge in [-0.15, -0.1) is 0 Å². The summed E-state index contributed by atoms with van der Waals surface area (Å²) in [5.41, 5.74) is 7.40. The lowest BCUT2D eigenvalue weighted by molar-refractivity contribution is 0.0259. The lowest BCUT2D eigenvalue weighted by Gasteiger charge is -2.34. The van der Waals surface area contributed by atoms with Crippen molar-refractivity contribution in [3.63, 3.8) is 0 Å². The summed E-state index contributed by atoms with van der Waals surface area (Å²) in [4.78, 5) is 2.23. The number of hydrogen-bond acceptors (Lipinski definition) is 4. The number of hydrogen-bond donors (Lipinski definition) is 3. The van der Waals surface area contributed by atoms with Crippen molar-refractivity contribution in [1.82, 2.24) is 4.90 Å². The van der Waals surface area contributed by atoms with E-state index >= 15 is 0 Å². The second kappa shape index (κ2) is 6.04. The molecule has 0 spiro atoms. The van der Waals surface area contributed by atoms with Crippen LogP contribution in [0.1, 0.15) is 24.5 Å². The number of piperidine rings is 1. The van der Waals surface area contributed by atoms with Crippen LogP contribution in [-0.2, 0) is 6.54 Å². The van der Waals surface area contributed by atoms with Crippen molar-refractivity contribution >= 4 is 5.84 Å². The van der Waals surface area contributed by atoms with E-state index in [1.54, 1.807) is 0 Å². The Balaban J connectivity index is 2.03. The highest BCUT2D eigenvalue weighted by molar-refractivity contribution is 5.97. The smallest absolute Gasteiger partial charge is 0.170 e. The Bertz CT molecular complexity index is 462. The van der Waals surface area contributed by atoms with E-state index in [4.69, 9.17) is 10.9 Å². The summed E-state index contributed by atoms with van der Waals surface area (Å²) in [5.74, 6) is 0.494. The Morgan fingerprint density at radius 2 is 2.32 bits per heavy atom. The van der Waals surface area contributed by atoms with Crippen LogP contribution in [0, 0.1) is 5.92 Å². The molecule has 104 valence electrons. The van der Waals surface area contributed by atoms with Crippen LogP contribution >= 0.6 is 0 Å². The molecule has 0 saturated carbocycles.